The molecule has 4 heterocycles. The summed E-state index contributed by atoms with van der Waals surface area (Å²) >= 11 is 0. The van der Waals surface area contributed by atoms with Crippen molar-refractivity contribution in [2.75, 3.05) is 19.0 Å². The normalized spacial score (nSPS) is 11.3. The maximum atomic E-state index is 13.0. The van der Waals surface area contributed by atoms with Crippen LogP contribution in [0.15, 0.2) is 72.0 Å². The number of aromatic nitrogens is 4. The van der Waals surface area contributed by atoms with Crippen LogP contribution in [0.1, 0.15) is 15.9 Å². The monoisotopic (exact) mass is 467 g/mol. The van der Waals surface area contributed by atoms with Crippen LogP contribution in [0, 0.1) is 6.92 Å². The van der Waals surface area contributed by atoms with Crippen LogP contribution in [-0.4, -0.2) is 38.7 Å². The molecule has 0 aliphatic heterocycles. The Bertz CT molecular complexity index is 1630. The molecule has 0 aliphatic carbocycles. The molecule has 1 aromatic carbocycles. The average Bonchev–Trinajstić information content (AvgIpc) is 3.30. The van der Waals surface area contributed by atoms with Crippen molar-refractivity contribution in [3.63, 3.8) is 0 Å². The Hall–Kier alpha value is -4.30. The molecule has 176 valence electrons. The van der Waals surface area contributed by atoms with Gasteiger partial charge in [-0.2, -0.15) is 0 Å². The SMILES string of the molecule is COCCn1ccc2c(-c3nc(NC(=O)c4ccc5cnccc5c4)ccc3C)cn(C)c(=O)c21. The molecule has 0 spiro atoms. The number of anilines is 1. The van der Waals surface area contributed by atoms with E-state index in [9.17, 15) is 9.59 Å². The lowest BCUT2D eigenvalue weighted by Crippen LogP contribution is -2.20. The summed E-state index contributed by atoms with van der Waals surface area (Å²) in [6, 6.07) is 13.0. The number of amides is 1. The second-order valence-electron chi connectivity index (χ2n) is 8.48. The zero-order valence-corrected chi connectivity index (χ0v) is 19.8. The molecule has 0 fully saturated rings. The molecule has 1 N–H and O–H groups in total. The number of pyridine rings is 3. The molecule has 1 amide bonds. The maximum absolute atomic E-state index is 13.0. The molecule has 5 aromatic rings. The topological polar surface area (TPSA) is 91.0 Å². The lowest BCUT2D eigenvalue weighted by molar-refractivity contribution is 0.102. The minimum absolute atomic E-state index is 0.0848. The summed E-state index contributed by atoms with van der Waals surface area (Å²) < 4.78 is 8.67. The molecule has 0 bridgehead atoms. The number of fused-ring (bicyclic) bond motifs is 2. The highest BCUT2D eigenvalue weighted by Gasteiger charge is 2.17. The van der Waals surface area contributed by atoms with Gasteiger partial charge in [0.05, 0.1) is 12.3 Å². The predicted molar refractivity (Wildman–Crippen MR) is 137 cm³/mol. The zero-order valence-electron chi connectivity index (χ0n) is 19.8. The first-order valence-electron chi connectivity index (χ1n) is 11.3. The van der Waals surface area contributed by atoms with E-state index in [0.717, 1.165) is 27.3 Å². The van der Waals surface area contributed by atoms with E-state index >= 15 is 0 Å². The van der Waals surface area contributed by atoms with Crippen molar-refractivity contribution < 1.29 is 9.53 Å². The van der Waals surface area contributed by atoms with Crippen molar-refractivity contribution in [1.29, 1.82) is 0 Å². The Kier molecular flexibility index (Phi) is 5.88. The summed E-state index contributed by atoms with van der Waals surface area (Å²) in [4.78, 5) is 34.8. The smallest absolute Gasteiger partial charge is 0.274 e. The third-order valence-electron chi connectivity index (χ3n) is 6.13. The Morgan fingerprint density at radius 2 is 1.97 bits per heavy atom. The van der Waals surface area contributed by atoms with E-state index < -0.39 is 0 Å². The van der Waals surface area contributed by atoms with Gasteiger partial charge in [-0.05, 0) is 48.2 Å². The second-order valence-corrected chi connectivity index (χ2v) is 8.48. The molecule has 0 radical (unpaired) electrons. The largest absolute Gasteiger partial charge is 0.383 e. The number of hydrogen-bond acceptors (Lipinski definition) is 5. The Morgan fingerprint density at radius 3 is 2.80 bits per heavy atom. The van der Waals surface area contributed by atoms with Gasteiger partial charge in [0.25, 0.3) is 11.5 Å². The summed E-state index contributed by atoms with van der Waals surface area (Å²) in [5, 5.41) is 5.63. The minimum atomic E-state index is -0.248. The highest BCUT2D eigenvalue weighted by atomic mass is 16.5. The van der Waals surface area contributed by atoms with Gasteiger partial charge in [0.1, 0.15) is 11.3 Å². The predicted octanol–water partition coefficient (Wildman–Crippen LogP) is 4.16. The van der Waals surface area contributed by atoms with Crippen molar-refractivity contribution in [3.8, 4) is 11.3 Å². The van der Waals surface area contributed by atoms with Gasteiger partial charge < -0.3 is 19.2 Å². The molecule has 8 heteroatoms. The molecular weight excluding hydrogens is 442 g/mol. The van der Waals surface area contributed by atoms with Gasteiger partial charge in [0.2, 0.25) is 0 Å². The molecule has 0 unspecified atom stereocenters. The van der Waals surface area contributed by atoms with Crippen LogP contribution in [-0.2, 0) is 18.3 Å². The number of nitrogens with zero attached hydrogens (tertiary/aromatic N) is 4. The highest BCUT2D eigenvalue weighted by molar-refractivity contribution is 6.06. The Balaban J connectivity index is 1.53. The van der Waals surface area contributed by atoms with Crippen molar-refractivity contribution in [1.82, 2.24) is 19.1 Å². The van der Waals surface area contributed by atoms with E-state index in [0.29, 0.717) is 35.7 Å². The number of ether oxygens (including phenoxy) is 1. The van der Waals surface area contributed by atoms with Gasteiger partial charge >= 0.3 is 0 Å². The van der Waals surface area contributed by atoms with Crippen molar-refractivity contribution in [2.24, 2.45) is 7.05 Å². The maximum Gasteiger partial charge on any atom is 0.274 e. The van der Waals surface area contributed by atoms with Gasteiger partial charge in [0, 0.05) is 67.4 Å². The van der Waals surface area contributed by atoms with E-state index in [1.54, 1.807) is 49.4 Å². The molecule has 35 heavy (non-hydrogen) atoms. The van der Waals surface area contributed by atoms with Crippen molar-refractivity contribution in [3.05, 3.63) is 88.7 Å². The fourth-order valence-corrected chi connectivity index (χ4v) is 4.27. The zero-order chi connectivity index (χ0) is 24.5. The van der Waals surface area contributed by atoms with Crippen molar-refractivity contribution >= 4 is 33.4 Å². The summed E-state index contributed by atoms with van der Waals surface area (Å²) in [5.41, 5.74) is 3.52. The number of rotatable bonds is 6. The molecule has 5 rings (SSSR count). The summed E-state index contributed by atoms with van der Waals surface area (Å²) in [7, 11) is 3.37. The van der Waals surface area contributed by atoms with Gasteiger partial charge in [0.15, 0.2) is 0 Å². The Morgan fingerprint density at radius 1 is 1.11 bits per heavy atom. The average molecular weight is 468 g/mol. The molecule has 0 aliphatic rings. The molecule has 8 nitrogen and oxygen atoms in total. The van der Waals surface area contributed by atoms with Gasteiger partial charge in [-0.1, -0.05) is 12.1 Å². The van der Waals surface area contributed by atoms with Crippen LogP contribution in [0.3, 0.4) is 0 Å². The first-order chi connectivity index (χ1) is 17.0. The number of carbonyl (C=O) groups is 1. The van der Waals surface area contributed by atoms with Gasteiger partial charge in [-0.3, -0.25) is 14.6 Å². The summed E-state index contributed by atoms with van der Waals surface area (Å²) in [6.07, 6.45) is 7.16. The van der Waals surface area contributed by atoms with Crippen LogP contribution in [0.2, 0.25) is 0 Å². The molecule has 0 saturated heterocycles. The van der Waals surface area contributed by atoms with E-state index in [4.69, 9.17) is 9.72 Å². The van der Waals surface area contributed by atoms with E-state index in [2.05, 4.69) is 10.3 Å². The third kappa shape index (κ3) is 4.20. The van der Waals surface area contributed by atoms with E-state index in [1.165, 1.54) is 0 Å². The number of aryl methyl sites for hydroxylation is 2. The first kappa shape index (κ1) is 22.5. The van der Waals surface area contributed by atoms with Crippen molar-refractivity contribution in [2.45, 2.75) is 13.5 Å². The number of carbonyl (C=O) groups excluding carboxylic acids is 1. The van der Waals surface area contributed by atoms with Crippen LogP contribution in [0.4, 0.5) is 5.82 Å². The number of hydrogen-bond donors (Lipinski definition) is 1. The molecule has 0 atom stereocenters. The fraction of sp³-hybridized carbons (Fsp3) is 0.185. The minimum Gasteiger partial charge on any atom is -0.383 e. The number of benzene rings is 1. The van der Waals surface area contributed by atoms with Crippen LogP contribution in [0.5, 0.6) is 0 Å². The molecule has 0 saturated carbocycles. The highest BCUT2D eigenvalue weighted by Crippen LogP contribution is 2.30. The fourth-order valence-electron chi connectivity index (χ4n) is 4.27. The summed E-state index contributed by atoms with van der Waals surface area (Å²) in [5.74, 6) is 0.189. The number of methoxy groups -OCH3 is 1. The first-order valence-corrected chi connectivity index (χ1v) is 11.3. The quantitative estimate of drug-likeness (QED) is 0.405. The van der Waals surface area contributed by atoms with Gasteiger partial charge in [-0.25, -0.2) is 4.98 Å². The molecular formula is C27H25N5O3. The third-order valence-corrected chi connectivity index (χ3v) is 6.13. The van der Waals surface area contributed by atoms with Crippen LogP contribution >= 0.6 is 0 Å². The molecule has 4 aromatic heterocycles. The summed E-state index contributed by atoms with van der Waals surface area (Å²) in [6.45, 7) is 3.04. The van der Waals surface area contributed by atoms with Crippen LogP contribution < -0.4 is 10.9 Å². The van der Waals surface area contributed by atoms with Crippen LogP contribution in [0.25, 0.3) is 32.9 Å². The number of nitrogens with one attached hydrogen (secondary N) is 1. The van der Waals surface area contributed by atoms with Gasteiger partial charge in [-0.15, -0.1) is 0 Å². The lowest BCUT2D eigenvalue weighted by atomic mass is 10.0. The van der Waals surface area contributed by atoms with E-state index in [1.807, 2.05) is 48.0 Å². The van der Waals surface area contributed by atoms with E-state index in [-0.39, 0.29) is 11.5 Å². The Labute approximate surface area is 201 Å². The standard InChI is InChI=1S/C27H25N5O3/c1-17-4-7-23(30-26(33)19-5-6-20-15-28-10-8-18(20)14-19)29-24(17)22-16-31(2)27(34)25-21(22)9-11-32(25)12-13-35-3/h4-11,14-16H,12-13H2,1-3H3,(H,29,30,33). The second kappa shape index (κ2) is 9.15. The lowest BCUT2D eigenvalue weighted by Gasteiger charge is -2.13.